The van der Waals surface area contributed by atoms with Gasteiger partial charge in [-0.25, -0.2) is 0 Å². The molecular formula is C25H50O3. The molecule has 0 aliphatic carbocycles. The minimum atomic E-state index is -0.334. The van der Waals surface area contributed by atoms with Crippen LogP contribution in [0.25, 0.3) is 0 Å². The monoisotopic (exact) mass is 398 g/mol. The molecule has 1 saturated heterocycles. The molecule has 0 aromatic heterocycles. The molecule has 0 radical (unpaired) electrons. The van der Waals surface area contributed by atoms with E-state index in [1.807, 2.05) is 0 Å². The molecule has 1 aliphatic heterocycles. The Hall–Kier alpha value is -0.120. The van der Waals surface area contributed by atoms with Crippen LogP contribution < -0.4 is 0 Å². The van der Waals surface area contributed by atoms with Gasteiger partial charge >= 0.3 is 0 Å². The molecule has 2 atom stereocenters. The summed E-state index contributed by atoms with van der Waals surface area (Å²) in [6.07, 6.45) is 25.8. The second-order valence-corrected chi connectivity index (χ2v) is 8.93. The van der Waals surface area contributed by atoms with E-state index in [2.05, 4.69) is 6.92 Å². The van der Waals surface area contributed by atoms with Gasteiger partial charge in [0.2, 0.25) is 0 Å². The summed E-state index contributed by atoms with van der Waals surface area (Å²) < 4.78 is 11.1. The summed E-state index contributed by atoms with van der Waals surface area (Å²) in [5.41, 5.74) is 0. The van der Waals surface area contributed by atoms with E-state index in [1.54, 1.807) is 0 Å². The highest BCUT2D eigenvalue weighted by Gasteiger charge is 2.20. The summed E-state index contributed by atoms with van der Waals surface area (Å²) in [4.78, 5) is 0. The smallest absolute Gasteiger partial charge is 0.0833 e. The predicted molar refractivity (Wildman–Crippen MR) is 120 cm³/mol. The van der Waals surface area contributed by atoms with Gasteiger partial charge in [-0.3, -0.25) is 0 Å². The fraction of sp³-hybridized carbons (Fsp3) is 1.00. The van der Waals surface area contributed by atoms with Gasteiger partial charge in [0.15, 0.2) is 0 Å². The van der Waals surface area contributed by atoms with Gasteiger partial charge in [0.1, 0.15) is 0 Å². The van der Waals surface area contributed by atoms with Crippen molar-refractivity contribution in [3.05, 3.63) is 0 Å². The molecule has 0 amide bonds. The van der Waals surface area contributed by atoms with Crippen molar-refractivity contribution in [2.24, 2.45) is 0 Å². The van der Waals surface area contributed by atoms with E-state index in [1.165, 1.54) is 109 Å². The van der Waals surface area contributed by atoms with E-state index in [-0.39, 0.29) is 12.2 Å². The van der Waals surface area contributed by atoms with Gasteiger partial charge in [0.05, 0.1) is 25.4 Å². The lowest BCUT2D eigenvalue weighted by Gasteiger charge is -2.26. The van der Waals surface area contributed by atoms with Crippen LogP contribution in [-0.4, -0.2) is 37.1 Å². The SMILES string of the molecule is CCCCCCCCCCCCCCCCCCCCOC1COCC(O)C1. The lowest BCUT2D eigenvalue weighted by atomic mass is 10.0. The molecule has 0 spiro atoms. The molecule has 1 rings (SSSR count). The maximum absolute atomic E-state index is 9.53. The van der Waals surface area contributed by atoms with Gasteiger partial charge in [-0.1, -0.05) is 116 Å². The van der Waals surface area contributed by atoms with Gasteiger partial charge in [-0.2, -0.15) is 0 Å². The lowest BCUT2D eigenvalue weighted by Crippen LogP contribution is -2.34. The third-order valence-electron chi connectivity index (χ3n) is 6.00. The van der Waals surface area contributed by atoms with Gasteiger partial charge in [0.25, 0.3) is 0 Å². The van der Waals surface area contributed by atoms with Crippen molar-refractivity contribution in [1.29, 1.82) is 0 Å². The summed E-state index contributed by atoms with van der Waals surface area (Å²) in [6.45, 7) is 4.23. The van der Waals surface area contributed by atoms with Crippen molar-refractivity contribution in [2.75, 3.05) is 19.8 Å². The quantitative estimate of drug-likeness (QED) is 0.220. The highest BCUT2D eigenvalue weighted by atomic mass is 16.5. The zero-order chi connectivity index (χ0) is 20.1. The molecule has 1 aliphatic rings. The maximum Gasteiger partial charge on any atom is 0.0833 e. The summed E-state index contributed by atoms with van der Waals surface area (Å²) in [5.74, 6) is 0. The largest absolute Gasteiger partial charge is 0.391 e. The topological polar surface area (TPSA) is 38.7 Å². The maximum atomic E-state index is 9.53. The number of hydrogen-bond acceptors (Lipinski definition) is 3. The zero-order valence-electron chi connectivity index (χ0n) is 19.0. The van der Waals surface area contributed by atoms with Crippen LogP contribution in [0.4, 0.5) is 0 Å². The summed E-state index contributed by atoms with van der Waals surface area (Å²) in [5, 5.41) is 9.53. The predicted octanol–water partition coefficient (Wildman–Crippen LogP) is 7.19. The molecule has 0 aromatic rings. The van der Waals surface area contributed by atoms with Crippen LogP contribution in [0.3, 0.4) is 0 Å². The number of unbranched alkanes of at least 4 members (excludes halogenated alkanes) is 17. The number of aliphatic hydroxyl groups excluding tert-OH is 1. The average molecular weight is 399 g/mol. The van der Waals surface area contributed by atoms with Crippen molar-refractivity contribution in [1.82, 2.24) is 0 Å². The molecule has 3 heteroatoms. The summed E-state index contributed by atoms with van der Waals surface area (Å²) >= 11 is 0. The first kappa shape index (κ1) is 25.9. The van der Waals surface area contributed by atoms with Crippen LogP contribution in [0.5, 0.6) is 0 Å². The van der Waals surface area contributed by atoms with E-state index >= 15 is 0 Å². The van der Waals surface area contributed by atoms with Gasteiger partial charge in [-0.15, -0.1) is 0 Å². The number of rotatable bonds is 20. The first-order valence-corrected chi connectivity index (χ1v) is 12.7. The Kier molecular flexibility index (Phi) is 18.7. The highest BCUT2D eigenvalue weighted by molar-refractivity contribution is 4.69. The third-order valence-corrected chi connectivity index (χ3v) is 6.00. The molecule has 2 unspecified atom stereocenters. The van der Waals surface area contributed by atoms with Crippen molar-refractivity contribution < 1.29 is 14.6 Å². The molecule has 0 saturated carbocycles. The fourth-order valence-electron chi connectivity index (χ4n) is 4.14. The van der Waals surface area contributed by atoms with Crippen molar-refractivity contribution in [2.45, 2.75) is 141 Å². The summed E-state index contributed by atoms with van der Waals surface area (Å²) in [6, 6.07) is 0. The van der Waals surface area contributed by atoms with E-state index in [0.717, 1.165) is 19.4 Å². The molecule has 3 nitrogen and oxygen atoms in total. The molecule has 0 aromatic carbocycles. The zero-order valence-corrected chi connectivity index (χ0v) is 19.0. The highest BCUT2D eigenvalue weighted by Crippen LogP contribution is 2.15. The minimum absolute atomic E-state index is 0.106. The Morgan fingerprint density at radius 1 is 0.643 bits per heavy atom. The standard InChI is InChI=1S/C25H50O3/c1-2-3-4-5-6-7-8-9-10-11-12-13-14-15-16-17-18-19-20-28-25-21-24(26)22-27-23-25/h24-26H,2-23H2,1H3. The summed E-state index contributed by atoms with van der Waals surface area (Å²) in [7, 11) is 0. The molecule has 168 valence electrons. The first-order valence-electron chi connectivity index (χ1n) is 12.7. The van der Waals surface area contributed by atoms with E-state index < -0.39 is 0 Å². The van der Waals surface area contributed by atoms with Crippen LogP contribution in [0.15, 0.2) is 0 Å². The van der Waals surface area contributed by atoms with Crippen molar-refractivity contribution in [3.63, 3.8) is 0 Å². The van der Waals surface area contributed by atoms with Crippen molar-refractivity contribution >= 4 is 0 Å². The lowest BCUT2D eigenvalue weighted by molar-refractivity contribution is -0.0989. The van der Waals surface area contributed by atoms with E-state index in [0.29, 0.717) is 13.2 Å². The minimum Gasteiger partial charge on any atom is -0.391 e. The van der Waals surface area contributed by atoms with Crippen molar-refractivity contribution in [3.8, 4) is 0 Å². The van der Waals surface area contributed by atoms with Crippen LogP contribution in [0, 0.1) is 0 Å². The van der Waals surface area contributed by atoms with Crippen LogP contribution in [0.1, 0.15) is 129 Å². The van der Waals surface area contributed by atoms with Gasteiger partial charge < -0.3 is 14.6 Å². The van der Waals surface area contributed by atoms with Crippen LogP contribution in [-0.2, 0) is 9.47 Å². The number of hydrogen-bond donors (Lipinski definition) is 1. The Balaban J connectivity index is 1.67. The molecule has 0 bridgehead atoms. The molecule has 1 heterocycles. The molecular weight excluding hydrogens is 348 g/mol. The number of ether oxygens (including phenoxy) is 2. The second kappa shape index (κ2) is 20.2. The van der Waals surface area contributed by atoms with E-state index in [4.69, 9.17) is 9.47 Å². The Labute approximate surface area is 176 Å². The Bertz CT molecular complexity index is 308. The van der Waals surface area contributed by atoms with Gasteiger partial charge in [-0.05, 0) is 6.42 Å². The Morgan fingerprint density at radius 3 is 1.50 bits per heavy atom. The fourth-order valence-corrected chi connectivity index (χ4v) is 4.14. The number of aliphatic hydroxyl groups is 1. The van der Waals surface area contributed by atoms with Gasteiger partial charge in [0, 0.05) is 13.0 Å². The van der Waals surface area contributed by atoms with Crippen LogP contribution in [0.2, 0.25) is 0 Å². The first-order chi connectivity index (χ1) is 13.8. The third kappa shape index (κ3) is 16.8. The molecule has 1 fully saturated rings. The molecule has 1 N–H and O–H groups in total. The second-order valence-electron chi connectivity index (χ2n) is 8.93. The Morgan fingerprint density at radius 2 is 1.07 bits per heavy atom. The average Bonchev–Trinajstić information content (AvgIpc) is 2.70. The normalized spacial score (nSPS) is 19.9. The molecule has 28 heavy (non-hydrogen) atoms. The van der Waals surface area contributed by atoms with E-state index in [9.17, 15) is 5.11 Å². The van der Waals surface area contributed by atoms with Crippen LogP contribution >= 0.6 is 0 Å².